The number of allylic oxidation sites excluding steroid dienone is 1. The molecular weight excluding hydrogens is 228 g/mol. The van der Waals surface area contributed by atoms with Gasteiger partial charge in [-0.05, 0) is 13.3 Å². The molecule has 0 heterocycles. The number of carbonyl (C=O) groups is 2. The van der Waals surface area contributed by atoms with Crippen molar-refractivity contribution in [2.45, 2.75) is 53.9 Å². The second-order valence-electron chi connectivity index (χ2n) is 3.85. The normalized spacial score (nSPS) is 9.89. The Kier molecular flexibility index (Phi) is 19.1. The summed E-state index contributed by atoms with van der Waals surface area (Å²) in [5, 5.41) is 2.49. The molecule has 0 aliphatic rings. The Hall–Kier alpha value is -1.32. The Morgan fingerprint density at radius 2 is 1.61 bits per heavy atom. The molecule has 1 atom stereocenters. The van der Waals surface area contributed by atoms with Gasteiger partial charge in [-0.2, -0.15) is 0 Å². The average molecular weight is 258 g/mol. The topological polar surface area (TPSA) is 72.2 Å². The number of hydrogen-bond donors (Lipinski definition) is 2. The van der Waals surface area contributed by atoms with Gasteiger partial charge in [-0.25, -0.2) is 0 Å². The van der Waals surface area contributed by atoms with Crippen LogP contribution in [0.25, 0.3) is 0 Å². The number of carbonyl (C=O) groups excluding carboxylic acids is 2. The standard InChI is InChI=1S/C9H16N2O2.C3H8.C2H6/c1-6(2)4-7(5-8(10)12)9(13)11-3;1-3-2;1-2/h7H,1,4-5H2,2-3H3,(H2,10,12)(H,11,13);3H2,1-2H3;1-2H3. The maximum absolute atomic E-state index is 11.2. The third-order valence-corrected chi connectivity index (χ3v) is 1.66. The first-order valence-electron chi connectivity index (χ1n) is 6.53. The molecule has 0 aromatic heterocycles. The van der Waals surface area contributed by atoms with Gasteiger partial charge in [0.25, 0.3) is 0 Å². The summed E-state index contributed by atoms with van der Waals surface area (Å²) in [5.74, 6) is -1.00. The fraction of sp³-hybridized carbons (Fsp3) is 0.714. The number of amides is 2. The van der Waals surface area contributed by atoms with E-state index in [2.05, 4.69) is 25.7 Å². The van der Waals surface area contributed by atoms with Gasteiger partial charge < -0.3 is 11.1 Å². The lowest BCUT2D eigenvalue weighted by atomic mass is 9.96. The van der Waals surface area contributed by atoms with Crippen molar-refractivity contribution in [1.82, 2.24) is 5.32 Å². The molecule has 3 N–H and O–H groups in total. The van der Waals surface area contributed by atoms with E-state index in [9.17, 15) is 9.59 Å². The largest absolute Gasteiger partial charge is 0.370 e. The van der Waals surface area contributed by atoms with Crippen LogP contribution in [0.15, 0.2) is 12.2 Å². The first-order valence-corrected chi connectivity index (χ1v) is 6.53. The molecule has 1 unspecified atom stereocenters. The molecule has 0 rings (SSSR count). The van der Waals surface area contributed by atoms with Crippen molar-refractivity contribution in [3.8, 4) is 0 Å². The molecule has 0 radical (unpaired) electrons. The van der Waals surface area contributed by atoms with Gasteiger partial charge in [0.15, 0.2) is 0 Å². The minimum absolute atomic E-state index is 0.0759. The Bertz CT molecular complexity index is 222. The number of nitrogens with one attached hydrogen (secondary N) is 1. The maximum Gasteiger partial charge on any atom is 0.223 e. The molecule has 0 saturated carbocycles. The number of nitrogens with two attached hydrogens (primary N) is 1. The van der Waals surface area contributed by atoms with Crippen LogP contribution in [0.2, 0.25) is 0 Å². The molecule has 4 heteroatoms. The molecule has 0 aromatic rings. The number of primary amides is 1. The van der Waals surface area contributed by atoms with Crippen molar-refractivity contribution in [1.29, 1.82) is 0 Å². The predicted octanol–water partition coefficient (Wildman–Crippen LogP) is 2.63. The summed E-state index contributed by atoms with van der Waals surface area (Å²) in [4.78, 5) is 21.8. The van der Waals surface area contributed by atoms with Crippen LogP contribution in [-0.4, -0.2) is 18.9 Å². The van der Waals surface area contributed by atoms with Crippen molar-refractivity contribution in [2.24, 2.45) is 11.7 Å². The first kappa shape index (κ1) is 21.9. The Balaban J connectivity index is -0.000000389. The van der Waals surface area contributed by atoms with Crippen LogP contribution >= 0.6 is 0 Å². The molecule has 0 bridgehead atoms. The minimum atomic E-state index is -0.463. The number of hydrogen-bond acceptors (Lipinski definition) is 2. The van der Waals surface area contributed by atoms with Crippen LogP contribution < -0.4 is 11.1 Å². The van der Waals surface area contributed by atoms with Gasteiger partial charge in [0, 0.05) is 13.5 Å². The van der Waals surface area contributed by atoms with Crippen LogP contribution in [-0.2, 0) is 9.59 Å². The molecular formula is C14H30N2O2. The monoisotopic (exact) mass is 258 g/mol. The van der Waals surface area contributed by atoms with Gasteiger partial charge >= 0.3 is 0 Å². The fourth-order valence-corrected chi connectivity index (χ4v) is 1.13. The first-order chi connectivity index (χ1) is 8.38. The molecule has 0 aliphatic heterocycles. The number of rotatable bonds is 5. The van der Waals surface area contributed by atoms with Crippen LogP contribution in [0.1, 0.15) is 53.9 Å². The van der Waals surface area contributed by atoms with E-state index in [0.29, 0.717) is 6.42 Å². The van der Waals surface area contributed by atoms with E-state index >= 15 is 0 Å². The molecule has 2 amide bonds. The van der Waals surface area contributed by atoms with E-state index in [1.54, 1.807) is 0 Å². The molecule has 0 aromatic carbocycles. The van der Waals surface area contributed by atoms with Crippen molar-refractivity contribution < 1.29 is 9.59 Å². The average Bonchev–Trinajstić information content (AvgIpc) is 2.29. The predicted molar refractivity (Wildman–Crippen MR) is 78.1 cm³/mol. The molecule has 0 fully saturated rings. The van der Waals surface area contributed by atoms with Crippen LogP contribution in [0, 0.1) is 5.92 Å². The molecule has 0 aliphatic carbocycles. The lowest BCUT2D eigenvalue weighted by Gasteiger charge is -2.12. The third-order valence-electron chi connectivity index (χ3n) is 1.66. The minimum Gasteiger partial charge on any atom is -0.370 e. The highest BCUT2D eigenvalue weighted by Crippen LogP contribution is 2.13. The summed E-state index contributed by atoms with van der Waals surface area (Å²) < 4.78 is 0. The maximum atomic E-state index is 11.2. The molecule has 18 heavy (non-hydrogen) atoms. The fourth-order valence-electron chi connectivity index (χ4n) is 1.13. The van der Waals surface area contributed by atoms with Crippen molar-refractivity contribution in [3.05, 3.63) is 12.2 Å². The summed E-state index contributed by atoms with van der Waals surface area (Å²) in [6.07, 6.45) is 1.83. The summed E-state index contributed by atoms with van der Waals surface area (Å²) in [7, 11) is 1.54. The molecule has 4 nitrogen and oxygen atoms in total. The van der Waals surface area contributed by atoms with Gasteiger partial charge in [-0.3, -0.25) is 9.59 Å². The quantitative estimate of drug-likeness (QED) is 0.744. The Morgan fingerprint density at radius 3 is 1.83 bits per heavy atom. The zero-order valence-electron chi connectivity index (χ0n) is 12.8. The van der Waals surface area contributed by atoms with Gasteiger partial charge in [0.1, 0.15) is 0 Å². The van der Waals surface area contributed by atoms with Crippen LogP contribution in [0.5, 0.6) is 0 Å². The van der Waals surface area contributed by atoms with E-state index in [4.69, 9.17) is 5.73 Å². The van der Waals surface area contributed by atoms with Gasteiger partial charge in [0.2, 0.25) is 11.8 Å². The van der Waals surface area contributed by atoms with Crippen molar-refractivity contribution in [3.63, 3.8) is 0 Å². The zero-order chi connectivity index (χ0) is 15.1. The second kappa shape index (κ2) is 15.7. The smallest absolute Gasteiger partial charge is 0.223 e. The van der Waals surface area contributed by atoms with E-state index in [0.717, 1.165) is 5.57 Å². The Morgan fingerprint density at radius 1 is 1.22 bits per heavy atom. The summed E-state index contributed by atoms with van der Waals surface area (Å²) >= 11 is 0. The van der Waals surface area contributed by atoms with E-state index < -0.39 is 5.91 Å². The highest BCUT2D eigenvalue weighted by Gasteiger charge is 2.19. The lowest BCUT2D eigenvalue weighted by Crippen LogP contribution is -2.31. The van der Waals surface area contributed by atoms with Crippen molar-refractivity contribution in [2.75, 3.05) is 7.05 Å². The van der Waals surface area contributed by atoms with Crippen LogP contribution in [0.3, 0.4) is 0 Å². The van der Waals surface area contributed by atoms with Gasteiger partial charge in [0.05, 0.1) is 5.92 Å². The van der Waals surface area contributed by atoms with E-state index in [1.165, 1.54) is 13.5 Å². The summed E-state index contributed by atoms with van der Waals surface area (Å²) in [6.45, 7) is 13.8. The highest BCUT2D eigenvalue weighted by molar-refractivity contribution is 5.85. The third kappa shape index (κ3) is 17.1. The second-order valence-corrected chi connectivity index (χ2v) is 3.85. The highest BCUT2D eigenvalue weighted by atomic mass is 16.2. The SMILES string of the molecule is C=C(C)CC(CC(N)=O)C(=O)NC.CC.CCC. The van der Waals surface area contributed by atoms with E-state index in [-0.39, 0.29) is 18.2 Å². The van der Waals surface area contributed by atoms with Crippen molar-refractivity contribution >= 4 is 11.8 Å². The summed E-state index contributed by atoms with van der Waals surface area (Å²) in [6, 6.07) is 0. The zero-order valence-corrected chi connectivity index (χ0v) is 12.8. The molecule has 0 spiro atoms. The van der Waals surface area contributed by atoms with Gasteiger partial charge in [-0.15, -0.1) is 6.58 Å². The lowest BCUT2D eigenvalue weighted by molar-refractivity contribution is -0.128. The van der Waals surface area contributed by atoms with Crippen LogP contribution in [0.4, 0.5) is 0 Å². The Labute approximate surface area is 112 Å². The van der Waals surface area contributed by atoms with Gasteiger partial charge in [-0.1, -0.05) is 39.7 Å². The molecule has 108 valence electrons. The summed E-state index contributed by atoms with van der Waals surface area (Å²) in [5.41, 5.74) is 5.88. The molecule has 0 saturated heterocycles. The van der Waals surface area contributed by atoms with E-state index in [1.807, 2.05) is 20.8 Å².